The Labute approximate surface area is 130 Å². The number of aryl methyl sites for hydroxylation is 2. The van der Waals surface area contributed by atoms with Crippen molar-refractivity contribution < 1.29 is 9.53 Å². The van der Waals surface area contributed by atoms with Gasteiger partial charge in [-0.15, -0.1) is 0 Å². The lowest BCUT2D eigenvalue weighted by atomic mass is 10.0. The van der Waals surface area contributed by atoms with E-state index in [-0.39, 0.29) is 5.91 Å². The summed E-state index contributed by atoms with van der Waals surface area (Å²) in [6, 6.07) is 13.3. The fraction of sp³-hybridized carbons (Fsp3) is 0.278. The number of carbonyl (C=O) groups excluding carboxylic acids is 1. The Morgan fingerprint density at radius 3 is 2.64 bits per heavy atom. The maximum atomic E-state index is 12.8. The summed E-state index contributed by atoms with van der Waals surface area (Å²) in [5.41, 5.74) is 3.89. The molecule has 2 aromatic carbocycles. The number of hydrogen-bond donors (Lipinski definition) is 2. The molecule has 22 heavy (non-hydrogen) atoms. The quantitative estimate of drug-likeness (QED) is 0.896. The molecule has 1 atom stereocenters. The fourth-order valence-electron chi connectivity index (χ4n) is 2.77. The van der Waals surface area contributed by atoms with Gasteiger partial charge in [0, 0.05) is 17.8 Å². The topological polar surface area (TPSA) is 50.4 Å². The van der Waals surface area contributed by atoms with E-state index in [1.807, 2.05) is 56.3 Å². The molecule has 0 aliphatic carbocycles. The van der Waals surface area contributed by atoms with Crippen molar-refractivity contribution in [1.82, 2.24) is 5.32 Å². The number of nitrogens with one attached hydrogen (secondary N) is 2. The van der Waals surface area contributed by atoms with Crippen LogP contribution in [-0.2, 0) is 4.79 Å². The van der Waals surface area contributed by atoms with Gasteiger partial charge in [-0.3, -0.25) is 10.1 Å². The number of para-hydroxylation sites is 2. The first-order chi connectivity index (χ1) is 10.7. The van der Waals surface area contributed by atoms with Crippen LogP contribution in [0.4, 0.5) is 5.69 Å². The molecule has 1 aliphatic heterocycles. The third kappa shape index (κ3) is 2.83. The number of hydrogen-bond acceptors (Lipinski definition) is 3. The molecule has 0 radical (unpaired) electrons. The van der Waals surface area contributed by atoms with Crippen molar-refractivity contribution in [2.24, 2.45) is 0 Å². The molecule has 114 valence electrons. The standard InChI is InChI=1S/C18H20N2O2/c1-12-6-5-7-13(2)16(12)20-18(21)17-14-8-3-4-9-15(14)22-11-10-19-17/h3-9,17,19H,10-11H2,1-2H3,(H,20,21). The largest absolute Gasteiger partial charge is 0.492 e. The molecule has 0 spiro atoms. The summed E-state index contributed by atoms with van der Waals surface area (Å²) in [6.45, 7) is 5.20. The molecule has 0 bridgehead atoms. The molecule has 4 nitrogen and oxygen atoms in total. The normalized spacial score (nSPS) is 17.1. The highest BCUT2D eigenvalue weighted by atomic mass is 16.5. The van der Waals surface area contributed by atoms with Crippen LogP contribution in [0.5, 0.6) is 5.75 Å². The van der Waals surface area contributed by atoms with Crippen LogP contribution < -0.4 is 15.4 Å². The second-order valence-corrected chi connectivity index (χ2v) is 5.53. The highest BCUT2D eigenvalue weighted by Crippen LogP contribution is 2.29. The summed E-state index contributed by atoms with van der Waals surface area (Å²) in [4.78, 5) is 12.8. The minimum absolute atomic E-state index is 0.0599. The number of amides is 1. The molecule has 0 saturated carbocycles. The molecular formula is C18H20N2O2. The molecule has 3 rings (SSSR count). The smallest absolute Gasteiger partial charge is 0.246 e. The lowest BCUT2D eigenvalue weighted by molar-refractivity contribution is -0.118. The Balaban J connectivity index is 1.89. The molecular weight excluding hydrogens is 276 g/mol. The second-order valence-electron chi connectivity index (χ2n) is 5.53. The van der Waals surface area contributed by atoms with Crippen molar-refractivity contribution in [3.05, 3.63) is 59.2 Å². The monoisotopic (exact) mass is 296 g/mol. The fourth-order valence-corrected chi connectivity index (χ4v) is 2.77. The van der Waals surface area contributed by atoms with Gasteiger partial charge in [0.2, 0.25) is 5.91 Å². The zero-order valence-electron chi connectivity index (χ0n) is 12.8. The molecule has 0 aromatic heterocycles. The Bertz CT molecular complexity index is 677. The van der Waals surface area contributed by atoms with E-state index in [1.54, 1.807) is 0 Å². The average molecular weight is 296 g/mol. The van der Waals surface area contributed by atoms with E-state index in [0.717, 1.165) is 28.1 Å². The van der Waals surface area contributed by atoms with Crippen LogP contribution in [0.2, 0.25) is 0 Å². The number of carbonyl (C=O) groups is 1. The highest BCUT2D eigenvalue weighted by molar-refractivity contribution is 5.97. The number of anilines is 1. The van der Waals surface area contributed by atoms with Gasteiger partial charge in [0.1, 0.15) is 18.4 Å². The second kappa shape index (κ2) is 6.20. The van der Waals surface area contributed by atoms with Crippen LogP contribution in [0.25, 0.3) is 0 Å². The van der Waals surface area contributed by atoms with Gasteiger partial charge >= 0.3 is 0 Å². The summed E-state index contributed by atoms with van der Waals surface area (Å²) < 4.78 is 5.68. The van der Waals surface area contributed by atoms with E-state index < -0.39 is 6.04 Å². The molecule has 0 saturated heterocycles. The van der Waals surface area contributed by atoms with Crippen LogP contribution >= 0.6 is 0 Å². The first-order valence-corrected chi connectivity index (χ1v) is 7.49. The van der Waals surface area contributed by atoms with Crippen LogP contribution in [-0.4, -0.2) is 19.1 Å². The summed E-state index contributed by atoms with van der Waals surface area (Å²) in [5.74, 6) is 0.713. The van der Waals surface area contributed by atoms with E-state index in [2.05, 4.69) is 10.6 Å². The number of rotatable bonds is 2. The van der Waals surface area contributed by atoms with Crippen LogP contribution in [0.3, 0.4) is 0 Å². The van der Waals surface area contributed by atoms with Gasteiger partial charge in [0.15, 0.2) is 0 Å². The zero-order chi connectivity index (χ0) is 15.5. The Morgan fingerprint density at radius 1 is 1.14 bits per heavy atom. The Kier molecular flexibility index (Phi) is 4.11. The zero-order valence-corrected chi connectivity index (χ0v) is 12.8. The summed E-state index contributed by atoms with van der Waals surface area (Å²) in [5, 5.41) is 6.32. The molecule has 1 heterocycles. The maximum absolute atomic E-state index is 12.8. The SMILES string of the molecule is Cc1cccc(C)c1NC(=O)C1NCCOc2ccccc21. The molecule has 1 unspecified atom stereocenters. The minimum atomic E-state index is -0.405. The predicted octanol–water partition coefficient (Wildman–Crippen LogP) is 2.97. The van der Waals surface area contributed by atoms with E-state index in [9.17, 15) is 4.79 Å². The Hall–Kier alpha value is -2.33. The van der Waals surface area contributed by atoms with Crippen molar-refractivity contribution in [3.8, 4) is 5.75 Å². The molecule has 2 N–H and O–H groups in total. The van der Waals surface area contributed by atoms with E-state index in [1.165, 1.54) is 0 Å². The summed E-state index contributed by atoms with van der Waals surface area (Å²) >= 11 is 0. The first-order valence-electron chi connectivity index (χ1n) is 7.49. The van der Waals surface area contributed by atoms with E-state index in [0.29, 0.717) is 13.2 Å². The molecule has 4 heteroatoms. The third-order valence-corrected chi connectivity index (χ3v) is 3.93. The third-order valence-electron chi connectivity index (χ3n) is 3.93. The Morgan fingerprint density at radius 2 is 1.86 bits per heavy atom. The van der Waals surface area contributed by atoms with E-state index >= 15 is 0 Å². The van der Waals surface area contributed by atoms with Gasteiger partial charge in [-0.1, -0.05) is 36.4 Å². The maximum Gasteiger partial charge on any atom is 0.246 e. The lowest BCUT2D eigenvalue weighted by Gasteiger charge is -2.19. The van der Waals surface area contributed by atoms with Crippen molar-refractivity contribution in [2.75, 3.05) is 18.5 Å². The van der Waals surface area contributed by atoms with Crippen LogP contribution in [0, 0.1) is 13.8 Å². The lowest BCUT2D eigenvalue weighted by Crippen LogP contribution is -2.33. The van der Waals surface area contributed by atoms with E-state index in [4.69, 9.17) is 4.74 Å². The number of benzene rings is 2. The van der Waals surface area contributed by atoms with Gasteiger partial charge < -0.3 is 10.1 Å². The highest BCUT2D eigenvalue weighted by Gasteiger charge is 2.26. The number of fused-ring (bicyclic) bond motifs is 1. The molecule has 1 amide bonds. The molecule has 0 fully saturated rings. The van der Waals surface area contributed by atoms with Crippen molar-refractivity contribution in [2.45, 2.75) is 19.9 Å². The van der Waals surface area contributed by atoms with Gasteiger partial charge in [0.05, 0.1) is 0 Å². The number of ether oxygens (including phenoxy) is 1. The van der Waals surface area contributed by atoms with Crippen LogP contribution in [0.1, 0.15) is 22.7 Å². The van der Waals surface area contributed by atoms with Crippen molar-refractivity contribution >= 4 is 11.6 Å². The van der Waals surface area contributed by atoms with Gasteiger partial charge in [-0.05, 0) is 31.0 Å². The minimum Gasteiger partial charge on any atom is -0.492 e. The average Bonchev–Trinajstić information content (AvgIpc) is 2.73. The first kappa shape index (κ1) is 14.6. The summed E-state index contributed by atoms with van der Waals surface area (Å²) in [7, 11) is 0. The summed E-state index contributed by atoms with van der Waals surface area (Å²) in [6.07, 6.45) is 0. The predicted molar refractivity (Wildman–Crippen MR) is 87.2 cm³/mol. The van der Waals surface area contributed by atoms with Crippen molar-refractivity contribution in [1.29, 1.82) is 0 Å². The van der Waals surface area contributed by atoms with Gasteiger partial charge in [-0.2, -0.15) is 0 Å². The van der Waals surface area contributed by atoms with Crippen molar-refractivity contribution in [3.63, 3.8) is 0 Å². The van der Waals surface area contributed by atoms with Gasteiger partial charge in [0.25, 0.3) is 0 Å². The van der Waals surface area contributed by atoms with Gasteiger partial charge in [-0.25, -0.2) is 0 Å². The van der Waals surface area contributed by atoms with Crippen LogP contribution in [0.15, 0.2) is 42.5 Å². The molecule has 2 aromatic rings. The molecule has 1 aliphatic rings.